The van der Waals surface area contributed by atoms with Crippen molar-refractivity contribution in [3.63, 3.8) is 0 Å². The van der Waals surface area contributed by atoms with Crippen LogP contribution < -0.4 is 5.63 Å². The maximum atomic E-state index is 12.2. The lowest BCUT2D eigenvalue weighted by Gasteiger charge is -2.07. The van der Waals surface area contributed by atoms with Gasteiger partial charge in [0.1, 0.15) is 5.52 Å². The van der Waals surface area contributed by atoms with Crippen LogP contribution in [0, 0.1) is 6.92 Å². The van der Waals surface area contributed by atoms with Crippen LogP contribution in [-0.2, 0) is 0 Å². The molecular formula is C22H14N2O3. The van der Waals surface area contributed by atoms with Crippen LogP contribution in [0.15, 0.2) is 80.4 Å². The summed E-state index contributed by atoms with van der Waals surface area (Å²) in [4.78, 5) is 21.3. The van der Waals surface area contributed by atoms with E-state index < -0.39 is 5.63 Å². The molecule has 3 aromatic heterocycles. The van der Waals surface area contributed by atoms with E-state index >= 15 is 0 Å². The lowest BCUT2D eigenvalue weighted by molar-refractivity contribution is 0.454. The van der Waals surface area contributed by atoms with E-state index in [9.17, 15) is 4.79 Å². The predicted octanol–water partition coefficient (Wildman–Crippen LogP) is 4.97. The first kappa shape index (κ1) is 15.5. The summed E-state index contributed by atoms with van der Waals surface area (Å²) in [7, 11) is 0. The first-order valence-corrected chi connectivity index (χ1v) is 8.56. The van der Waals surface area contributed by atoms with Gasteiger partial charge in [0.25, 0.3) is 0 Å². The highest BCUT2D eigenvalue weighted by Gasteiger charge is 2.20. The average molecular weight is 354 g/mol. The highest BCUT2D eigenvalue weighted by atomic mass is 16.4. The zero-order valence-corrected chi connectivity index (χ0v) is 14.5. The van der Waals surface area contributed by atoms with Gasteiger partial charge in [0, 0.05) is 12.5 Å². The van der Waals surface area contributed by atoms with Crippen molar-refractivity contribution in [2.45, 2.75) is 6.92 Å². The topological polar surface area (TPSA) is 69.1 Å². The minimum atomic E-state index is -0.546. The van der Waals surface area contributed by atoms with E-state index in [1.165, 1.54) is 0 Å². The Labute approximate surface area is 153 Å². The molecule has 0 spiro atoms. The molecule has 0 amide bonds. The van der Waals surface area contributed by atoms with Gasteiger partial charge in [0.2, 0.25) is 11.3 Å². The lowest BCUT2D eigenvalue weighted by Crippen LogP contribution is -2.00. The fourth-order valence-electron chi connectivity index (χ4n) is 3.29. The average Bonchev–Trinajstić information content (AvgIpc) is 3.07. The Morgan fingerprint density at radius 1 is 0.815 bits per heavy atom. The van der Waals surface area contributed by atoms with Crippen molar-refractivity contribution >= 4 is 22.2 Å². The van der Waals surface area contributed by atoms with Gasteiger partial charge in [-0.15, -0.1) is 0 Å². The largest absolute Gasteiger partial charge is 0.428 e. The third-order valence-electron chi connectivity index (χ3n) is 4.49. The zero-order chi connectivity index (χ0) is 18.4. The molecule has 0 aliphatic heterocycles. The SMILES string of the molecule is Cc1nc2c(oc3nc(-c4ccccc4)cc(-c4ccccc4)c32)c(=O)o1. The van der Waals surface area contributed by atoms with Crippen molar-refractivity contribution in [1.29, 1.82) is 0 Å². The van der Waals surface area contributed by atoms with E-state index in [0.29, 0.717) is 22.5 Å². The Morgan fingerprint density at radius 2 is 1.48 bits per heavy atom. The quantitative estimate of drug-likeness (QED) is 0.447. The van der Waals surface area contributed by atoms with Gasteiger partial charge in [0.05, 0.1) is 11.1 Å². The number of aryl methyl sites for hydroxylation is 1. The highest BCUT2D eigenvalue weighted by Crippen LogP contribution is 2.36. The summed E-state index contributed by atoms with van der Waals surface area (Å²) in [6, 6.07) is 21.8. The number of hydrogen-bond acceptors (Lipinski definition) is 5. The molecule has 0 saturated heterocycles. The molecule has 5 nitrogen and oxygen atoms in total. The molecule has 0 N–H and O–H groups in total. The predicted molar refractivity (Wildman–Crippen MR) is 103 cm³/mol. The molecule has 5 heteroatoms. The zero-order valence-electron chi connectivity index (χ0n) is 14.5. The Bertz CT molecular complexity index is 1340. The van der Waals surface area contributed by atoms with Gasteiger partial charge in [-0.1, -0.05) is 60.7 Å². The van der Waals surface area contributed by atoms with Crippen LogP contribution in [0.1, 0.15) is 5.89 Å². The number of benzene rings is 2. The van der Waals surface area contributed by atoms with Crippen molar-refractivity contribution in [3.05, 3.63) is 83.0 Å². The Hall–Kier alpha value is -3.73. The maximum absolute atomic E-state index is 12.2. The molecule has 0 bridgehead atoms. The minimum absolute atomic E-state index is 0.0884. The van der Waals surface area contributed by atoms with Crippen LogP contribution in [0.3, 0.4) is 0 Å². The number of rotatable bonds is 2. The van der Waals surface area contributed by atoms with Gasteiger partial charge in [-0.3, -0.25) is 0 Å². The summed E-state index contributed by atoms with van der Waals surface area (Å²) in [5.41, 5.74) is 4.03. The molecule has 2 aromatic carbocycles. The molecule has 130 valence electrons. The number of nitrogens with zero attached hydrogens (tertiary/aromatic N) is 2. The smallest absolute Gasteiger partial charge is 0.383 e. The summed E-state index contributed by atoms with van der Waals surface area (Å²) >= 11 is 0. The van der Waals surface area contributed by atoms with E-state index in [4.69, 9.17) is 8.83 Å². The Kier molecular flexibility index (Phi) is 3.40. The number of pyridine rings is 1. The first-order valence-electron chi connectivity index (χ1n) is 8.56. The van der Waals surface area contributed by atoms with Crippen LogP contribution in [-0.4, -0.2) is 9.97 Å². The summed E-state index contributed by atoms with van der Waals surface area (Å²) in [5, 5.41) is 0.715. The van der Waals surface area contributed by atoms with E-state index in [-0.39, 0.29) is 5.58 Å². The highest BCUT2D eigenvalue weighted by molar-refractivity contribution is 6.09. The molecule has 0 unspecified atom stereocenters. The Balaban J connectivity index is 1.94. The third kappa shape index (κ3) is 2.52. The fourth-order valence-corrected chi connectivity index (χ4v) is 3.29. The van der Waals surface area contributed by atoms with Gasteiger partial charge in [-0.05, 0) is 17.2 Å². The number of aromatic nitrogens is 2. The van der Waals surface area contributed by atoms with E-state index in [1.807, 2.05) is 66.7 Å². The Morgan fingerprint density at radius 3 is 2.19 bits per heavy atom. The standard InChI is InChI=1S/C22H14N2O3/c1-13-23-19-18-16(14-8-4-2-5-9-14)12-17(15-10-6-3-7-11-15)24-21(18)27-20(19)22(25)26-13/h2-12H,1H3. The number of hydrogen-bond donors (Lipinski definition) is 0. The number of fused-ring (bicyclic) bond motifs is 3. The van der Waals surface area contributed by atoms with E-state index in [1.54, 1.807) is 6.92 Å². The molecule has 0 atom stereocenters. The fraction of sp³-hybridized carbons (Fsp3) is 0.0455. The molecule has 27 heavy (non-hydrogen) atoms. The van der Waals surface area contributed by atoms with Crippen LogP contribution in [0.25, 0.3) is 44.6 Å². The molecule has 0 saturated carbocycles. The monoisotopic (exact) mass is 354 g/mol. The van der Waals surface area contributed by atoms with Crippen molar-refractivity contribution < 1.29 is 8.83 Å². The second kappa shape index (κ2) is 5.92. The molecule has 5 aromatic rings. The van der Waals surface area contributed by atoms with E-state index in [0.717, 1.165) is 22.4 Å². The molecule has 0 fully saturated rings. The van der Waals surface area contributed by atoms with Gasteiger partial charge in [-0.2, -0.15) is 0 Å². The second-order valence-electron chi connectivity index (χ2n) is 6.27. The normalized spacial score (nSPS) is 11.3. The van der Waals surface area contributed by atoms with Gasteiger partial charge < -0.3 is 8.83 Å². The van der Waals surface area contributed by atoms with E-state index in [2.05, 4.69) is 9.97 Å². The molecule has 0 radical (unpaired) electrons. The van der Waals surface area contributed by atoms with Crippen LogP contribution in [0.5, 0.6) is 0 Å². The lowest BCUT2D eigenvalue weighted by atomic mass is 10.00. The van der Waals surface area contributed by atoms with Gasteiger partial charge >= 0.3 is 5.63 Å². The maximum Gasteiger partial charge on any atom is 0.383 e. The van der Waals surface area contributed by atoms with Gasteiger partial charge in [0.15, 0.2) is 5.89 Å². The molecule has 3 heterocycles. The van der Waals surface area contributed by atoms with Crippen molar-refractivity contribution in [2.75, 3.05) is 0 Å². The van der Waals surface area contributed by atoms with Crippen molar-refractivity contribution in [2.24, 2.45) is 0 Å². The molecule has 0 aliphatic carbocycles. The third-order valence-corrected chi connectivity index (χ3v) is 4.49. The summed E-state index contributed by atoms with van der Waals surface area (Å²) < 4.78 is 10.9. The second-order valence-corrected chi connectivity index (χ2v) is 6.27. The van der Waals surface area contributed by atoms with Crippen molar-refractivity contribution in [3.8, 4) is 22.4 Å². The summed E-state index contributed by atoms with van der Waals surface area (Å²) in [5.74, 6) is 0.293. The van der Waals surface area contributed by atoms with Crippen LogP contribution in [0.4, 0.5) is 0 Å². The molecular weight excluding hydrogens is 340 g/mol. The number of furan rings is 1. The minimum Gasteiger partial charge on any atom is -0.428 e. The van der Waals surface area contributed by atoms with Gasteiger partial charge in [-0.25, -0.2) is 14.8 Å². The molecule has 5 rings (SSSR count). The van der Waals surface area contributed by atoms with Crippen LogP contribution in [0.2, 0.25) is 0 Å². The summed E-state index contributed by atoms with van der Waals surface area (Å²) in [6.45, 7) is 1.65. The molecule has 0 aliphatic rings. The summed E-state index contributed by atoms with van der Waals surface area (Å²) in [6.07, 6.45) is 0. The first-order chi connectivity index (χ1) is 13.2. The van der Waals surface area contributed by atoms with Crippen molar-refractivity contribution in [1.82, 2.24) is 9.97 Å². The van der Waals surface area contributed by atoms with Crippen LogP contribution >= 0.6 is 0 Å².